The number of anilines is 1. The molecule has 1 aromatic rings. The minimum Gasteiger partial charge on any atom is -0.399 e. The lowest BCUT2D eigenvalue weighted by Gasteiger charge is -2.26. The number of carbonyl (C=O) groups excluding carboxylic acids is 1. The molecule has 0 atom stereocenters. The van der Waals surface area contributed by atoms with E-state index in [4.69, 9.17) is 5.73 Å². The Morgan fingerprint density at radius 3 is 2.75 bits per heavy atom. The molecule has 1 aliphatic carbocycles. The molecule has 110 valence electrons. The summed E-state index contributed by atoms with van der Waals surface area (Å²) in [6.07, 6.45) is 4.44. The molecular formula is C15H21FN2OS. The zero-order valence-corrected chi connectivity index (χ0v) is 12.5. The summed E-state index contributed by atoms with van der Waals surface area (Å²) < 4.78 is 13.6. The van der Waals surface area contributed by atoms with Crippen LogP contribution in [-0.4, -0.2) is 17.7 Å². The van der Waals surface area contributed by atoms with Gasteiger partial charge in [0.05, 0.1) is 5.75 Å². The number of carbonyl (C=O) groups is 1. The summed E-state index contributed by atoms with van der Waals surface area (Å²) in [7, 11) is 0. The third-order valence-corrected chi connectivity index (χ3v) is 4.74. The molecule has 0 aromatic heterocycles. The van der Waals surface area contributed by atoms with Crippen molar-refractivity contribution in [1.29, 1.82) is 0 Å². The van der Waals surface area contributed by atoms with Gasteiger partial charge in [0.15, 0.2) is 0 Å². The Morgan fingerprint density at radius 1 is 1.40 bits per heavy atom. The lowest BCUT2D eigenvalue weighted by atomic mass is 9.87. The molecule has 1 fully saturated rings. The maximum Gasteiger partial charge on any atom is 0.230 e. The Hall–Kier alpha value is -1.23. The van der Waals surface area contributed by atoms with E-state index < -0.39 is 0 Å². The van der Waals surface area contributed by atoms with Gasteiger partial charge < -0.3 is 11.1 Å². The Kier molecular flexibility index (Phi) is 5.29. The van der Waals surface area contributed by atoms with E-state index in [1.807, 2.05) is 0 Å². The summed E-state index contributed by atoms with van der Waals surface area (Å²) in [5.41, 5.74) is 5.89. The zero-order valence-electron chi connectivity index (χ0n) is 11.7. The molecule has 1 aromatic carbocycles. The number of nitrogen functional groups attached to an aromatic ring is 1. The van der Waals surface area contributed by atoms with Gasteiger partial charge in [0, 0.05) is 16.6 Å². The molecule has 0 unspecified atom stereocenters. The second-order valence-corrected chi connectivity index (χ2v) is 6.52. The SMILES string of the molecule is CC1CCC(NC(=O)CSc2ccc(N)cc2F)CC1. The van der Waals surface area contributed by atoms with E-state index in [0.717, 1.165) is 18.8 Å². The number of amides is 1. The van der Waals surface area contributed by atoms with Crippen molar-refractivity contribution in [3.8, 4) is 0 Å². The van der Waals surface area contributed by atoms with E-state index in [-0.39, 0.29) is 23.5 Å². The molecule has 0 saturated heterocycles. The molecule has 1 saturated carbocycles. The van der Waals surface area contributed by atoms with Gasteiger partial charge in [0.2, 0.25) is 5.91 Å². The van der Waals surface area contributed by atoms with Gasteiger partial charge in [-0.2, -0.15) is 0 Å². The van der Waals surface area contributed by atoms with Crippen LogP contribution in [-0.2, 0) is 4.79 Å². The maximum absolute atomic E-state index is 13.6. The molecule has 0 spiro atoms. The van der Waals surface area contributed by atoms with Crippen molar-refractivity contribution >= 4 is 23.4 Å². The molecule has 0 bridgehead atoms. The number of nitrogens with one attached hydrogen (secondary N) is 1. The Labute approximate surface area is 123 Å². The minimum absolute atomic E-state index is 0.0224. The predicted molar refractivity (Wildman–Crippen MR) is 81.1 cm³/mol. The molecule has 1 amide bonds. The topological polar surface area (TPSA) is 55.1 Å². The lowest BCUT2D eigenvalue weighted by molar-refractivity contribution is -0.119. The first-order chi connectivity index (χ1) is 9.54. The number of hydrogen-bond acceptors (Lipinski definition) is 3. The zero-order chi connectivity index (χ0) is 14.5. The van der Waals surface area contributed by atoms with E-state index in [1.165, 1.54) is 30.7 Å². The van der Waals surface area contributed by atoms with Gasteiger partial charge in [0.1, 0.15) is 5.82 Å². The van der Waals surface area contributed by atoms with Gasteiger partial charge in [0.25, 0.3) is 0 Å². The molecule has 3 nitrogen and oxygen atoms in total. The summed E-state index contributed by atoms with van der Waals surface area (Å²) in [5.74, 6) is 0.619. The average Bonchev–Trinajstić information content (AvgIpc) is 2.40. The van der Waals surface area contributed by atoms with Crippen molar-refractivity contribution in [2.45, 2.75) is 43.5 Å². The predicted octanol–water partition coefficient (Wildman–Crippen LogP) is 3.19. The standard InChI is InChI=1S/C15H21FN2OS/c1-10-2-5-12(6-3-10)18-15(19)9-20-14-7-4-11(17)8-13(14)16/h4,7-8,10,12H,2-3,5-6,9,17H2,1H3,(H,18,19). The number of halogens is 1. The van der Waals surface area contributed by atoms with Crippen molar-refractivity contribution in [2.75, 3.05) is 11.5 Å². The highest BCUT2D eigenvalue weighted by Crippen LogP contribution is 2.25. The van der Waals surface area contributed by atoms with Gasteiger partial charge in [-0.1, -0.05) is 6.92 Å². The van der Waals surface area contributed by atoms with Crippen LogP contribution in [0.25, 0.3) is 0 Å². The molecule has 20 heavy (non-hydrogen) atoms. The Bertz CT molecular complexity index is 473. The number of nitrogens with two attached hydrogens (primary N) is 1. The van der Waals surface area contributed by atoms with Crippen LogP contribution in [0.4, 0.5) is 10.1 Å². The molecule has 2 rings (SSSR count). The van der Waals surface area contributed by atoms with Crippen LogP contribution in [0, 0.1) is 11.7 Å². The van der Waals surface area contributed by atoms with E-state index >= 15 is 0 Å². The summed E-state index contributed by atoms with van der Waals surface area (Å²) >= 11 is 1.21. The van der Waals surface area contributed by atoms with Gasteiger partial charge in [-0.05, 0) is 49.8 Å². The van der Waals surface area contributed by atoms with Gasteiger partial charge in [-0.25, -0.2) is 4.39 Å². The van der Waals surface area contributed by atoms with Crippen LogP contribution in [0.2, 0.25) is 0 Å². The van der Waals surface area contributed by atoms with Crippen molar-refractivity contribution in [3.63, 3.8) is 0 Å². The first kappa shape index (κ1) is 15.2. The van der Waals surface area contributed by atoms with E-state index in [1.54, 1.807) is 12.1 Å². The Morgan fingerprint density at radius 2 is 2.10 bits per heavy atom. The monoisotopic (exact) mass is 296 g/mol. The molecule has 0 radical (unpaired) electrons. The second kappa shape index (κ2) is 6.97. The van der Waals surface area contributed by atoms with Crippen molar-refractivity contribution < 1.29 is 9.18 Å². The molecule has 0 heterocycles. The summed E-state index contributed by atoms with van der Waals surface area (Å²) in [6.45, 7) is 2.25. The lowest BCUT2D eigenvalue weighted by Crippen LogP contribution is -2.38. The molecule has 0 aliphatic heterocycles. The number of hydrogen-bond donors (Lipinski definition) is 2. The van der Waals surface area contributed by atoms with Gasteiger partial charge in [-0.15, -0.1) is 11.8 Å². The summed E-state index contributed by atoms with van der Waals surface area (Å²) in [5, 5.41) is 3.03. The van der Waals surface area contributed by atoms with Crippen molar-refractivity contribution in [1.82, 2.24) is 5.32 Å². The minimum atomic E-state index is -0.366. The van der Waals surface area contributed by atoms with Crippen LogP contribution in [0.5, 0.6) is 0 Å². The van der Waals surface area contributed by atoms with Crippen LogP contribution >= 0.6 is 11.8 Å². The highest BCUT2D eigenvalue weighted by Gasteiger charge is 2.19. The Balaban J connectivity index is 1.77. The van der Waals surface area contributed by atoms with Crippen LogP contribution < -0.4 is 11.1 Å². The van der Waals surface area contributed by atoms with Crippen molar-refractivity contribution in [3.05, 3.63) is 24.0 Å². The van der Waals surface area contributed by atoms with E-state index in [0.29, 0.717) is 10.6 Å². The number of thioether (sulfide) groups is 1. The second-order valence-electron chi connectivity index (χ2n) is 5.50. The quantitative estimate of drug-likeness (QED) is 0.662. The third-order valence-electron chi connectivity index (χ3n) is 3.70. The summed E-state index contributed by atoms with van der Waals surface area (Å²) in [4.78, 5) is 12.3. The normalized spacial score (nSPS) is 22.5. The van der Waals surface area contributed by atoms with Crippen LogP contribution in [0.15, 0.2) is 23.1 Å². The fourth-order valence-corrected chi connectivity index (χ4v) is 3.18. The van der Waals surface area contributed by atoms with Crippen molar-refractivity contribution in [2.24, 2.45) is 5.92 Å². The fourth-order valence-electron chi connectivity index (χ4n) is 2.45. The highest BCUT2D eigenvalue weighted by atomic mass is 32.2. The van der Waals surface area contributed by atoms with E-state index in [2.05, 4.69) is 12.2 Å². The third kappa shape index (κ3) is 4.40. The number of rotatable bonds is 4. The molecule has 5 heteroatoms. The molecular weight excluding hydrogens is 275 g/mol. The first-order valence-corrected chi connectivity index (χ1v) is 8.00. The van der Waals surface area contributed by atoms with Gasteiger partial charge >= 0.3 is 0 Å². The average molecular weight is 296 g/mol. The molecule has 3 N–H and O–H groups in total. The highest BCUT2D eigenvalue weighted by molar-refractivity contribution is 8.00. The molecule has 1 aliphatic rings. The largest absolute Gasteiger partial charge is 0.399 e. The smallest absolute Gasteiger partial charge is 0.230 e. The van der Waals surface area contributed by atoms with Crippen LogP contribution in [0.3, 0.4) is 0 Å². The van der Waals surface area contributed by atoms with Gasteiger partial charge in [-0.3, -0.25) is 4.79 Å². The number of benzene rings is 1. The first-order valence-electron chi connectivity index (χ1n) is 7.02. The fraction of sp³-hybridized carbons (Fsp3) is 0.533. The van der Waals surface area contributed by atoms with Crippen LogP contribution in [0.1, 0.15) is 32.6 Å². The summed E-state index contributed by atoms with van der Waals surface area (Å²) in [6, 6.07) is 4.83. The maximum atomic E-state index is 13.6. The van der Waals surface area contributed by atoms with E-state index in [9.17, 15) is 9.18 Å².